The molecule has 0 aromatic heterocycles. The van der Waals surface area contributed by atoms with Crippen LogP contribution in [0.5, 0.6) is 0 Å². The molecule has 3 rings (SSSR count). The van der Waals surface area contributed by atoms with Crippen molar-refractivity contribution in [3.63, 3.8) is 0 Å². The van der Waals surface area contributed by atoms with E-state index in [0.717, 1.165) is 37.8 Å². The quantitative estimate of drug-likeness (QED) is 0.380. The molecular weight excluding hydrogens is 465 g/mol. The second-order valence-electron chi connectivity index (χ2n) is 7.96. The lowest BCUT2D eigenvalue weighted by atomic mass is 9.92. The van der Waals surface area contributed by atoms with Gasteiger partial charge in [-0.15, -0.1) is 24.0 Å². The van der Waals surface area contributed by atoms with Gasteiger partial charge in [-0.2, -0.15) is 0 Å². The first kappa shape index (κ1) is 22.8. The maximum absolute atomic E-state index is 11.6. The van der Waals surface area contributed by atoms with Crippen molar-refractivity contribution in [3.05, 3.63) is 29.8 Å². The summed E-state index contributed by atoms with van der Waals surface area (Å²) in [4.78, 5) is 21.0. The Balaban J connectivity index is 0.00000280. The molecule has 0 saturated carbocycles. The Bertz CT molecular complexity index is 653. The van der Waals surface area contributed by atoms with Gasteiger partial charge < -0.3 is 20.4 Å². The van der Waals surface area contributed by atoms with Gasteiger partial charge in [-0.3, -0.25) is 4.79 Å². The van der Waals surface area contributed by atoms with Crippen LogP contribution in [0.2, 0.25) is 0 Å². The number of nitrogens with zero attached hydrogens (tertiary/aromatic N) is 3. The van der Waals surface area contributed by atoms with Crippen molar-refractivity contribution in [1.82, 2.24) is 15.5 Å². The third kappa shape index (κ3) is 6.25. The summed E-state index contributed by atoms with van der Waals surface area (Å²) in [5, 5.41) is 6.32. The number of aliphatic imine (C=N–C) groups is 1. The van der Waals surface area contributed by atoms with Crippen LogP contribution in [0.3, 0.4) is 0 Å². The first-order valence-corrected chi connectivity index (χ1v) is 10.2. The van der Waals surface area contributed by atoms with Crippen LogP contribution in [0.4, 0.5) is 5.69 Å². The highest BCUT2D eigenvalue weighted by Gasteiger charge is 2.24. The normalized spacial score (nSPS) is 23.1. The van der Waals surface area contributed by atoms with Gasteiger partial charge in [0.05, 0.1) is 13.1 Å². The van der Waals surface area contributed by atoms with Crippen molar-refractivity contribution < 1.29 is 4.79 Å². The number of guanidine groups is 1. The molecule has 2 atom stereocenters. The number of benzene rings is 1. The van der Waals surface area contributed by atoms with Crippen LogP contribution in [-0.4, -0.2) is 56.0 Å². The number of anilines is 1. The van der Waals surface area contributed by atoms with Crippen LogP contribution in [0.15, 0.2) is 29.3 Å². The molecule has 28 heavy (non-hydrogen) atoms. The van der Waals surface area contributed by atoms with Crippen molar-refractivity contribution in [2.24, 2.45) is 16.8 Å². The number of rotatable bonds is 4. The van der Waals surface area contributed by atoms with Crippen LogP contribution in [-0.2, 0) is 11.3 Å². The summed E-state index contributed by atoms with van der Waals surface area (Å²) in [6, 6.07) is 8.44. The summed E-state index contributed by atoms with van der Waals surface area (Å²) >= 11 is 0. The average Bonchev–Trinajstić information content (AvgIpc) is 2.65. The van der Waals surface area contributed by atoms with Gasteiger partial charge in [0, 0.05) is 38.4 Å². The van der Waals surface area contributed by atoms with Gasteiger partial charge >= 0.3 is 0 Å². The maximum Gasteiger partial charge on any atom is 0.239 e. The van der Waals surface area contributed by atoms with E-state index >= 15 is 0 Å². The molecule has 0 spiro atoms. The zero-order chi connectivity index (χ0) is 19.2. The van der Waals surface area contributed by atoms with E-state index in [4.69, 9.17) is 4.99 Å². The molecule has 2 saturated heterocycles. The van der Waals surface area contributed by atoms with E-state index in [9.17, 15) is 4.79 Å². The fourth-order valence-electron chi connectivity index (χ4n) is 4.10. The molecule has 0 aliphatic carbocycles. The lowest BCUT2D eigenvalue weighted by molar-refractivity contribution is -0.120. The molecule has 1 aromatic rings. The largest absolute Gasteiger partial charge is 0.360 e. The topological polar surface area (TPSA) is 60.0 Å². The number of hydrogen-bond donors (Lipinski definition) is 2. The van der Waals surface area contributed by atoms with Gasteiger partial charge in [-0.05, 0) is 42.9 Å². The van der Waals surface area contributed by atoms with Gasteiger partial charge in [-0.1, -0.05) is 26.0 Å². The minimum Gasteiger partial charge on any atom is -0.360 e. The molecule has 7 heteroatoms. The predicted octanol–water partition coefficient (Wildman–Crippen LogP) is 2.68. The Morgan fingerprint density at radius 2 is 1.89 bits per heavy atom. The summed E-state index contributed by atoms with van der Waals surface area (Å²) in [5.41, 5.74) is 2.29. The highest BCUT2D eigenvalue weighted by molar-refractivity contribution is 14.0. The number of piperidine rings is 1. The van der Waals surface area contributed by atoms with E-state index in [1.54, 1.807) is 0 Å². The smallest absolute Gasteiger partial charge is 0.239 e. The lowest BCUT2D eigenvalue weighted by Crippen LogP contribution is -2.48. The lowest BCUT2D eigenvalue weighted by Gasteiger charge is -2.37. The zero-order valence-electron chi connectivity index (χ0n) is 17.3. The Morgan fingerprint density at radius 1 is 1.21 bits per heavy atom. The number of carbonyl (C=O) groups is 1. The molecule has 2 fully saturated rings. The predicted molar refractivity (Wildman–Crippen MR) is 126 cm³/mol. The van der Waals surface area contributed by atoms with E-state index in [1.807, 2.05) is 0 Å². The molecule has 0 radical (unpaired) electrons. The van der Waals surface area contributed by atoms with Crippen LogP contribution >= 0.6 is 24.0 Å². The van der Waals surface area contributed by atoms with E-state index in [0.29, 0.717) is 31.5 Å². The third-order valence-electron chi connectivity index (χ3n) is 5.25. The Labute approximate surface area is 186 Å². The zero-order valence-corrected chi connectivity index (χ0v) is 19.6. The minimum atomic E-state index is 0. The minimum absolute atomic E-state index is 0. The average molecular weight is 499 g/mol. The number of carbonyl (C=O) groups excluding carboxylic acids is 1. The number of hydrogen-bond acceptors (Lipinski definition) is 3. The fraction of sp³-hybridized carbons (Fsp3) is 0.619. The first-order chi connectivity index (χ1) is 13.0. The van der Waals surface area contributed by atoms with Crippen molar-refractivity contribution in [3.8, 4) is 0 Å². The molecule has 2 N–H and O–H groups in total. The van der Waals surface area contributed by atoms with Gasteiger partial charge in [0.1, 0.15) is 0 Å². The molecule has 2 unspecified atom stereocenters. The van der Waals surface area contributed by atoms with Crippen molar-refractivity contribution in [2.45, 2.75) is 33.7 Å². The summed E-state index contributed by atoms with van der Waals surface area (Å²) in [5.74, 6) is 2.53. The second-order valence-corrected chi connectivity index (χ2v) is 7.96. The molecule has 2 heterocycles. The van der Waals surface area contributed by atoms with Gasteiger partial charge in [0.2, 0.25) is 5.91 Å². The SMILES string of the molecule is CCNC(=NCc1ccc(N2CCNC(=O)C2)cc1)N1CC(C)CC(C)C1.I. The molecular formula is C21H34IN5O. The number of amides is 1. The molecule has 2 aliphatic rings. The van der Waals surface area contributed by atoms with Gasteiger partial charge in [-0.25, -0.2) is 4.99 Å². The fourth-order valence-corrected chi connectivity index (χ4v) is 4.10. The highest BCUT2D eigenvalue weighted by Crippen LogP contribution is 2.21. The van der Waals surface area contributed by atoms with Crippen molar-refractivity contribution in [1.29, 1.82) is 0 Å². The molecule has 1 aromatic carbocycles. The number of halogens is 1. The molecule has 156 valence electrons. The number of nitrogens with one attached hydrogen (secondary N) is 2. The second kappa shape index (κ2) is 10.9. The third-order valence-corrected chi connectivity index (χ3v) is 5.25. The molecule has 0 bridgehead atoms. The van der Waals surface area contributed by atoms with Crippen molar-refractivity contribution in [2.75, 3.05) is 44.2 Å². The van der Waals surface area contributed by atoms with E-state index in [1.165, 1.54) is 12.0 Å². The first-order valence-electron chi connectivity index (χ1n) is 10.2. The van der Waals surface area contributed by atoms with Crippen LogP contribution in [0.1, 0.15) is 32.8 Å². The Kier molecular flexibility index (Phi) is 8.85. The van der Waals surface area contributed by atoms with E-state index in [-0.39, 0.29) is 29.9 Å². The van der Waals surface area contributed by atoms with E-state index < -0.39 is 0 Å². The molecule has 2 aliphatic heterocycles. The van der Waals surface area contributed by atoms with Crippen molar-refractivity contribution >= 4 is 41.5 Å². The Hall–Kier alpha value is -1.51. The van der Waals surface area contributed by atoms with Gasteiger partial charge in [0.25, 0.3) is 0 Å². The van der Waals surface area contributed by atoms with E-state index in [2.05, 4.69) is 65.5 Å². The van der Waals surface area contributed by atoms with Crippen LogP contribution in [0.25, 0.3) is 0 Å². The number of piperazine rings is 1. The highest BCUT2D eigenvalue weighted by atomic mass is 127. The summed E-state index contributed by atoms with van der Waals surface area (Å²) in [6.07, 6.45) is 1.30. The molecule has 1 amide bonds. The Morgan fingerprint density at radius 3 is 2.50 bits per heavy atom. The summed E-state index contributed by atoms with van der Waals surface area (Å²) in [7, 11) is 0. The standard InChI is InChI=1S/C21H33N5O.HI/c1-4-22-21(26-13-16(2)11-17(3)14-26)24-12-18-5-7-19(8-6-18)25-10-9-23-20(27)15-25;/h5-8,16-17H,4,9-15H2,1-3H3,(H,22,24)(H,23,27);1H. The summed E-state index contributed by atoms with van der Waals surface area (Å²) < 4.78 is 0. The number of likely N-dealkylation sites (tertiary alicyclic amines) is 1. The maximum atomic E-state index is 11.6. The van der Waals surface area contributed by atoms with Crippen LogP contribution in [0, 0.1) is 11.8 Å². The van der Waals surface area contributed by atoms with Gasteiger partial charge in [0.15, 0.2) is 5.96 Å². The molecule has 6 nitrogen and oxygen atoms in total. The van der Waals surface area contributed by atoms with Crippen LogP contribution < -0.4 is 15.5 Å². The monoisotopic (exact) mass is 499 g/mol. The summed E-state index contributed by atoms with van der Waals surface area (Å²) in [6.45, 7) is 12.5.